The van der Waals surface area contributed by atoms with Crippen molar-refractivity contribution in [1.29, 1.82) is 0 Å². The summed E-state index contributed by atoms with van der Waals surface area (Å²) >= 11 is 0. The number of hydrogen-bond acceptors (Lipinski definition) is 7. The third kappa shape index (κ3) is 3.54. The van der Waals surface area contributed by atoms with Crippen LogP contribution in [0.3, 0.4) is 0 Å². The first kappa shape index (κ1) is 22.0. The van der Waals surface area contributed by atoms with Crippen LogP contribution in [0.1, 0.15) is 41.2 Å². The Bertz CT molecular complexity index is 1420. The number of imidazole rings is 1. The molecule has 4 heterocycles. The highest BCUT2D eigenvalue weighted by molar-refractivity contribution is 5.65. The van der Waals surface area contributed by atoms with E-state index in [0.29, 0.717) is 35.6 Å². The summed E-state index contributed by atoms with van der Waals surface area (Å²) in [6, 6.07) is 7.66. The lowest BCUT2D eigenvalue weighted by molar-refractivity contribution is -0.0506. The molecule has 4 aromatic rings. The summed E-state index contributed by atoms with van der Waals surface area (Å²) in [5.41, 5.74) is 1.15. The molecule has 35 heavy (non-hydrogen) atoms. The Hall–Kier alpha value is -3.54. The number of aliphatic hydroxyl groups is 2. The molecule has 3 N–H and O–H groups in total. The van der Waals surface area contributed by atoms with Gasteiger partial charge in [-0.2, -0.15) is 8.78 Å². The van der Waals surface area contributed by atoms with Crippen molar-refractivity contribution < 1.29 is 28.1 Å². The number of nitrogens with one attached hydrogen (secondary N) is 1. The lowest BCUT2D eigenvalue weighted by Gasteiger charge is -2.35. The van der Waals surface area contributed by atoms with Crippen molar-refractivity contribution in [3.05, 3.63) is 77.5 Å². The van der Waals surface area contributed by atoms with Crippen LogP contribution >= 0.6 is 0 Å². The monoisotopic (exact) mass is 483 g/mol. The van der Waals surface area contributed by atoms with Crippen LogP contribution in [0.5, 0.6) is 5.75 Å². The summed E-state index contributed by atoms with van der Waals surface area (Å²) in [7, 11) is 0. The van der Waals surface area contributed by atoms with E-state index in [1.807, 2.05) is 0 Å². The normalized spacial score (nSPS) is 20.7. The Morgan fingerprint density at radius 2 is 1.91 bits per heavy atom. The number of ether oxygens (including phenoxy) is 1. The summed E-state index contributed by atoms with van der Waals surface area (Å²) in [6.45, 7) is -2.32. The molecule has 0 spiro atoms. The van der Waals surface area contributed by atoms with Crippen LogP contribution in [-0.2, 0) is 5.60 Å². The van der Waals surface area contributed by atoms with Crippen LogP contribution in [0.2, 0.25) is 0 Å². The van der Waals surface area contributed by atoms with Crippen molar-refractivity contribution in [3.63, 3.8) is 0 Å². The molecule has 0 amide bonds. The summed E-state index contributed by atoms with van der Waals surface area (Å²) in [5, 5.41) is 24.0. The van der Waals surface area contributed by atoms with E-state index < -0.39 is 30.1 Å². The van der Waals surface area contributed by atoms with Crippen molar-refractivity contribution in [2.75, 3.05) is 13.1 Å². The summed E-state index contributed by atoms with van der Waals surface area (Å²) in [5.74, 6) is -0.794. The highest BCUT2D eigenvalue weighted by atomic mass is 19.3. The molecule has 3 aromatic heterocycles. The zero-order chi connectivity index (χ0) is 24.3. The van der Waals surface area contributed by atoms with E-state index in [9.17, 15) is 19.0 Å². The molecular weight excluding hydrogens is 463 g/mol. The number of rotatable bonds is 5. The van der Waals surface area contributed by atoms with Gasteiger partial charge < -0.3 is 24.7 Å². The summed E-state index contributed by atoms with van der Waals surface area (Å²) in [4.78, 5) is 12.9. The van der Waals surface area contributed by atoms with Gasteiger partial charge in [-0.15, -0.1) is 0 Å². The molecule has 2 aliphatic rings. The van der Waals surface area contributed by atoms with Gasteiger partial charge in [0.25, 0.3) is 0 Å². The molecule has 2 atom stereocenters. The quantitative estimate of drug-likeness (QED) is 0.401. The maximum absolute atomic E-state index is 15.1. The smallest absolute Gasteiger partial charge is 0.387 e. The highest BCUT2D eigenvalue weighted by Crippen LogP contribution is 2.47. The van der Waals surface area contributed by atoms with Gasteiger partial charge >= 0.3 is 6.61 Å². The maximum Gasteiger partial charge on any atom is 0.387 e. The second-order valence-corrected chi connectivity index (χ2v) is 8.80. The van der Waals surface area contributed by atoms with Crippen LogP contribution < -0.4 is 10.1 Å². The lowest BCUT2D eigenvalue weighted by Crippen LogP contribution is -2.57. The number of para-hydroxylation sites is 1. The van der Waals surface area contributed by atoms with Crippen LogP contribution in [-0.4, -0.2) is 49.3 Å². The molecule has 1 fully saturated rings. The number of fused-ring (bicyclic) bond motifs is 3. The highest BCUT2D eigenvalue weighted by Gasteiger charge is 2.39. The molecule has 1 saturated heterocycles. The fraction of sp³-hybridized carbons (Fsp3) is 0.292. The Labute approximate surface area is 197 Å². The number of aromatic nitrogens is 4. The zero-order valence-corrected chi connectivity index (χ0v) is 18.2. The third-order valence-electron chi connectivity index (χ3n) is 6.60. The van der Waals surface area contributed by atoms with Crippen molar-refractivity contribution in [1.82, 2.24) is 24.7 Å². The lowest BCUT2D eigenvalue weighted by atomic mass is 9.95. The third-order valence-corrected chi connectivity index (χ3v) is 6.60. The molecular formula is C24H20F3N5O3. The van der Waals surface area contributed by atoms with Gasteiger partial charge in [-0.05, 0) is 12.5 Å². The van der Waals surface area contributed by atoms with E-state index in [1.54, 1.807) is 22.6 Å². The van der Waals surface area contributed by atoms with Gasteiger partial charge in [0.05, 0.1) is 17.5 Å². The summed E-state index contributed by atoms with van der Waals surface area (Å²) in [6.07, 6.45) is 3.70. The summed E-state index contributed by atoms with van der Waals surface area (Å²) < 4.78 is 47.5. The van der Waals surface area contributed by atoms with Gasteiger partial charge in [-0.25, -0.2) is 19.3 Å². The van der Waals surface area contributed by atoms with Crippen LogP contribution in [0, 0.1) is 5.82 Å². The molecule has 0 saturated carbocycles. The van der Waals surface area contributed by atoms with Gasteiger partial charge in [0, 0.05) is 60.4 Å². The largest absolute Gasteiger partial charge is 0.435 e. The van der Waals surface area contributed by atoms with Crippen LogP contribution in [0.15, 0.2) is 48.9 Å². The van der Waals surface area contributed by atoms with Gasteiger partial charge in [0.2, 0.25) is 0 Å². The number of pyridine rings is 1. The number of hydrogen-bond donors (Lipinski definition) is 3. The van der Waals surface area contributed by atoms with E-state index in [-0.39, 0.29) is 29.2 Å². The Kier molecular flexibility index (Phi) is 5.02. The zero-order valence-electron chi connectivity index (χ0n) is 18.2. The minimum Gasteiger partial charge on any atom is -0.435 e. The molecule has 180 valence electrons. The number of halogens is 3. The molecule has 0 radical (unpaired) electrons. The number of nitrogens with zero attached hydrogens (tertiary/aromatic N) is 4. The molecule has 6 rings (SSSR count). The molecule has 8 nitrogen and oxygen atoms in total. The minimum absolute atomic E-state index is 0.0113. The topological polar surface area (TPSA) is 105 Å². The number of β-amino-alcohol motifs (C(OH)–C–C–N with tert-alkyl or cyclic N) is 1. The SMILES string of the molecule is O[C@@H]1C[C@H](c2ccccc2OC(F)F)c2c1nc1cc(F)c(-c3cnc(C4(O)CNC4)nc3)cn21. The first-order valence-electron chi connectivity index (χ1n) is 11.0. The number of aliphatic hydroxyl groups excluding tert-OH is 1. The average molecular weight is 483 g/mol. The van der Waals surface area contributed by atoms with E-state index in [1.165, 1.54) is 30.7 Å². The van der Waals surface area contributed by atoms with Gasteiger partial charge in [0.15, 0.2) is 5.82 Å². The van der Waals surface area contributed by atoms with Gasteiger partial charge in [-0.3, -0.25) is 0 Å². The minimum atomic E-state index is -3.00. The maximum atomic E-state index is 15.1. The van der Waals surface area contributed by atoms with Crippen LogP contribution in [0.25, 0.3) is 16.8 Å². The van der Waals surface area contributed by atoms with E-state index in [4.69, 9.17) is 4.74 Å². The van der Waals surface area contributed by atoms with Crippen molar-refractivity contribution in [2.45, 2.75) is 30.7 Å². The predicted octanol–water partition coefficient (Wildman–Crippen LogP) is 2.89. The molecule has 1 aliphatic heterocycles. The van der Waals surface area contributed by atoms with Crippen molar-refractivity contribution in [2.24, 2.45) is 0 Å². The molecule has 1 aliphatic carbocycles. The standard InChI is InChI=1S/C24H20F3N5O3/c25-16-6-19-31-20-17(33)5-14(13-3-1-2-4-18(13)35-23(26)27)21(20)32(19)9-15(16)12-7-29-22(30-8-12)24(34)10-28-11-24/h1-4,6-9,14,17,23,28,33-34H,5,10-11H2/t14-,17-/m1/s1. The van der Waals surface area contributed by atoms with Crippen molar-refractivity contribution in [3.8, 4) is 16.9 Å². The van der Waals surface area contributed by atoms with E-state index in [0.717, 1.165) is 0 Å². The Morgan fingerprint density at radius 3 is 2.60 bits per heavy atom. The van der Waals surface area contributed by atoms with E-state index in [2.05, 4.69) is 20.3 Å². The average Bonchev–Trinajstić information content (AvgIpc) is 3.34. The first-order valence-corrected chi connectivity index (χ1v) is 11.0. The fourth-order valence-electron chi connectivity index (χ4n) is 4.82. The number of alkyl halides is 2. The van der Waals surface area contributed by atoms with E-state index >= 15 is 4.39 Å². The molecule has 11 heteroatoms. The second-order valence-electron chi connectivity index (χ2n) is 8.80. The Morgan fingerprint density at radius 1 is 1.17 bits per heavy atom. The van der Waals surface area contributed by atoms with Crippen molar-refractivity contribution >= 4 is 5.65 Å². The predicted molar refractivity (Wildman–Crippen MR) is 117 cm³/mol. The second kappa shape index (κ2) is 8.01. The molecule has 1 aromatic carbocycles. The fourth-order valence-corrected chi connectivity index (χ4v) is 4.82. The van der Waals surface area contributed by atoms with Gasteiger partial charge in [-0.1, -0.05) is 18.2 Å². The number of benzene rings is 1. The van der Waals surface area contributed by atoms with Gasteiger partial charge in [0.1, 0.15) is 22.8 Å². The van der Waals surface area contributed by atoms with Crippen LogP contribution in [0.4, 0.5) is 13.2 Å². The first-order chi connectivity index (χ1) is 16.8. The molecule has 0 bridgehead atoms. The molecule has 0 unspecified atom stereocenters. The Balaban J connectivity index is 1.45.